The highest BCUT2D eigenvalue weighted by molar-refractivity contribution is 7.89. The van der Waals surface area contributed by atoms with Gasteiger partial charge in [-0.1, -0.05) is 18.2 Å². The van der Waals surface area contributed by atoms with Crippen molar-refractivity contribution in [1.82, 2.24) is 14.1 Å². The Morgan fingerprint density at radius 3 is 2.64 bits per heavy atom. The van der Waals surface area contributed by atoms with Crippen LogP contribution in [0.15, 0.2) is 47.6 Å². The van der Waals surface area contributed by atoms with Gasteiger partial charge >= 0.3 is 0 Å². The van der Waals surface area contributed by atoms with E-state index in [1.54, 1.807) is 41.2 Å². The van der Waals surface area contributed by atoms with Crippen LogP contribution in [0, 0.1) is 0 Å². The number of hydrogen-bond donors (Lipinski definition) is 0. The van der Waals surface area contributed by atoms with E-state index in [1.807, 2.05) is 20.2 Å². The third-order valence-electron chi connectivity index (χ3n) is 3.94. The van der Waals surface area contributed by atoms with Gasteiger partial charge in [-0.25, -0.2) is 8.42 Å². The topological polar surface area (TPSA) is 64.4 Å². The van der Waals surface area contributed by atoms with Crippen LogP contribution in [0.3, 0.4) is 0 Å². The van der Waals surface area contributed by atoms with Crippen molar-refractivity contribution in [2.24, 2.45) is 7.05 Å². The van der Waals surface area contributed by atoms with E-state index in [2.05, 4.69) is 5.10 Å². The standard InChI is InChI=1S/C15H19N3O3S/c1-15(13-10-16-17(2)11-13)12-18(8-9-21-15)22(19,20)14-6-4-3-5-7-14/h3-7,10-11H,8-9,12H2,1-2H3/t15-/m1/s1. The lowest BCUT2D eigenvalue weighted by Crippen LogP contribution is -2.50. The molecule has 1 atom stereocenters. The molecule has 22 heavy (non-hydrogen) atoms. The predicted octanol–water partition coefficient (Wildman–Crippen LogP) is 1.36. The monoisotopic (exact) mass is 321 g/mol. The van der Waals surface area contributed by atoms with Crippen molar-refractivity contribution in [3.8, 4) is 0 Å². The van der Waals surface area contributed by atoms with Gasteiger partial charge in [0.2, 0.25) is 10.0 Å². The number of sulfonamides is 1. The molecular formula is C15H19N3O3S. The minimum atomic E-state index is -3.51. The number of hydrogen-bond acceptors (Lipinski definition) is 4. The summed E-state index contributed by atoms with van der Waals surface area (Å²) >= 11 is 0. The van der Waals surface area contributed by atoms with Crippen LogP contribution in [0.1, 0.15) is 12.5 Å². The largest absolute Gasteiger partial charge is 0.368 e. The lowest BCUT2D eigenvalue weighted by molar-refractivity contribution is -0.0820. The number of nitrogens with zero attached hydrogens (tertiary/aromatic N) is 3. The summed E-state index contributed by atoms with van der Waals surface area (Å²) in [4.78, 5) is 0.311. The summed E-state index contributed by atoms with van der Waals surface area (Å²) in [6.45, 7) is 2.89. The van der Waals surface area contributed by atoms with Crippen molar-refractivity contribution in [2.45, 2.75) is 17.4 Å². The normalized spacial score (nSPS) is 23.5. The van der Waals surface area contributed by atoms with E-state index in [9.17, 15) is 8.42 Å². The lowest BCUT2D eigenvalue weighted by atomic mass is 9.98. The van der Waals surface area contributed by atoms with Gasteiger partial charge in [-0.2, -0.15) is 9.40 Å². The number of morpholine rings is 1. The van der Waals surface area contributed by atoms with Gasteiger partial charge in [-0.3, -0.25) is 4.68 Å². The van der Waals surface area contributed by atoms with Crippen LogP contribution < -0.4 is 0 Å². The van der Waals surface area contributed by atoms with Crippen molar-refractivity contribution in [3.05, 3.63) is 48.3 Å². The second-order valence-electron chi connectivity index (χ2n) is 5.63. The Bertz CT molecular complexity index is 757. The van der Waals surface area contributed by atoms with Gasteiger partial charge < -0.3 is 4.74 Å². The van der Waals surface area contributed by atoms with E-state index in [4.69, 9.17) is 4.74 Å². The molecule has 0 aliphatic carbocycles. The Hall–Kier alpha value is -1.70. The third kappa shape index (κ3) is 2.67. The molecule has 6 nitrogen and oxygen atoms in total. The molecule has 2 aromatic rings. The zero-order chi connectivity index (χ0) is 15.8. The van der Waals surface area contributed by atoms with E-state index < -0.39 is 15.6 Å². The first kappa shape index (κ1) is 15.2. The first-order chi connectivity index (χ1) is 10.4. The number of rotatable bonds is 3. The SMILES string of the molecule is Cn1cc([C@@]2(C)CN(S(=O)(=O)c3ccccc3)CCO2)cn1. The average molecular weight is 321 g/mol. The minimum absolute atomic E-state index is 0.274. The highest BCUT2D eigenvalue weighted by Crippen LogP contribution is 2.31. The van der Waals surface area contributed by atoms with Crippen LogP contribution >= 0.6 is 0 Å². The van der Waals surface area contributed by atoms with Gasteiger partial charge in [0, 0.05) is 31.9 Å². The van der Waals surface area contributed by atoms with E-state index in [-0.39, 0.29) is 6.54 Å². The molecule has 1 aliphatic heterocycles. The molecule has 1 aliphatic rings. The zero-order valence-electron chi connectivity index (χ0n) is 12.6. The van der Waals surface area contributed by atoms with Crippen molar-refractivity contribution in [2.75, 3.05) is 19.7 Å². The number of aromatic nitrogens is 2. The molecule has 1 aromatic carbocycles. The molecule has 0 unspecified atom stereocenters. The van der Waals surface area contributed by atoms with Gasteiger partial charge in [-0.05, 0) is 19.1 Å². The maximum Gasteiger partial charge on any atom is 0.243 e. The second-order valence-corrected chi connectivity index (χ2v) is 7.57. The van der Waals surface area contributed by atoms with Crippen LogP contribution in [0.2, 0.25) is 0 Å². The smallest absolute Gasteiger partial charge is 0.243 e. The predicted molar refractivity (Wildman–Crippen MR) is 81.7 cm³/mol. The molecule has 3 rings (SSSR count). The van der Waals surface area contributed by atoms with E-state index in [0.29, 0.717) is 18.0 Å². The van der Waals surface area contributed by atoms with Crippen molar-refractivity contribution >= 4 is 10.0 Å². The molecule has 0 amide bonds. The van der Waals surface area contributed by atoms with E-state index >= 15 is 0 Å². The maximum absolute atomic E-state index is 12.8. The maximum atomic E-state index is 12.8. The first-order valence-electron chi connectivity index (χ1n) is 7.10. The van der Waals surface area contributed by atoms with Crippen molar-refractivity contribution < 1.29 is 13.2 Å². The fourth-order valence-electron chi connectivity index (χ4n) is 2.65. The first-order valence-corrected chi connectivity index (χ1v) is 8.54. The molecule has 0 N–H and O–H groups in total. The highest BCUT2D eigenvalue weighted by Gasteiger charge is 2.39. The summed E-state index contributed by atoms with van der Waals surface area (Å²) in [7, 11) is -1.68. The second kappa shape index (κ2) is 5.49. The van der Waals surface area contributed by atoms with Crippen LogP contribution in [0.5, 0.6) is 0 Å². The Kier molecular flexibility index (Phi) is 3.80. The molecule has 118 valence electrons. The summed E-state index contributed by atoms with van der Waals surface area (Å²) in [5, 5.41) is 4.15. The van der Waals surface area contributed by atoms with E-state index in [0.717, 1.165) is 5.56 Å². The van der Waals surface area contributed by atoms with Crippen LogP contribution in [0.25, 0.3) is 0 Å². The molecule has 0 radical (unpaired) electrons. The molecule has 0 spiro atoms. The Labute approximate surface area is 130 Å². The van der Waals surface area contributed by atoms with E-state index in [1.165, 1.54) is 4.31 Å². The third-order valence-corrected chi connectivity index (χ3v) is 5.80. The number of aryl methyl sites for hydroxylation is 1. The fraction of sp³-hybridized carbons (Fsp3) is 0.400. The minimum Gasteiger partial charge on any atom is -0.368 e. The molecule has 0 bridgehead atoms. The molecule has 0 saturated carbocycles. The highest BCUT2D eigenvalue weighted by atomic mass is 32.2. The Morgan fingerprint density at radius 1 is 1.27 bits per heavy atom. The summed E-state index contributed by atoms with van der Waals surface area (Å²) < 4.78 is 34.6. The number of benzene rings is 1. The lowest BCUT2D eigenvalue weighted by Gasteiger charge is -2.39. The average Bonchev–Trinajstić information content (AvgIpc) is 2.96. The van der Waals surface area contributed by atoms with Gasteiger partial charge in [0.25, 0.3) is 0 Å². The van der Waals surface area contributed by atoms with Gasteiger partial charge in [0.15, 0.2) is 0 Å². The summed E-state index contributed by atoms with van der Waals surface area (Å²) in [6, 6.07) is 8.50. The molecule has 1 aromatic heterocycles. The molecule has 2 heterocycles. The molecular weight excluding hydrogens is 302 g/mol. The fourth-order valence-corrected chi connectivity index (χ4v) is 4.18. The Morgan fingerprint density at radius 2 is 2.00 bits per heavy atom. The molecule has 7 heteroatoms. The summed E-state index contributed by atoms with van der Waals surface area (Å²) in [6.07, 6.45) is 3.58. The molecule has 1 fully saturated rings. The molecule has 1 saturated heterocycles. The summed E-state index contributed by atoms with van der Waals surface area (Å²) in [5.41, 5.74) is 0.192. The Balaban J connectivity index is 1.90. The van der Waals surface area contributed by atoms with Crippen molar-refractivity contribution in [1.29, 1.82) is 0 Å². The van der Waals surface area contributed by atoms with Crippen LogP contribution in [0.4, 0.5) is 0 Å². The zero-order valence-corrected chi connectivity index (χ0v) is 13.5. The van der Waals surface area contributed by atoms with Gasteiger partial charge in [-0.15, -0.1) is 0 Å². The van der Waals surface area contributed by atoms with Gasteiger partial charge in [0.05, 0.1) is 17.7 Å². The van der Waals surface area contributed by atoms with Crippen LogP contribution in [-0.2, 0) is 27.4 Å². The number of ether oxygens (including phenoxy) is 1. The van der Waals surface area contributed by atoms with Crippen LogP contribution in [-0.4, -0.2) is 42.2 Å². The summed E-state index contributed by atoms with van der Waals surface area (Å²) in [5.74, 6) is 0. The quantitative estimate of drug-likeness (QED) is 0.856. The van der Waals surface area contributed by atoms with Crippen molar-refractivity contribution in [3.63, 3.8) is 0 Å². The van der Waals surface area contributed by atoms with Gasteiger partial charge in [0.1, 0.15) is 5.60 Å².